The van der Waals surface area contributed by atoms with E-state index in [1.54, 1.807) is 48.2 Å². The summed E-state index contributed by atoms with van der Waals surface area (Å²) in [5.41, 5.74) is 1.91. The van der Waals surface area contributed by atoms with Crippen LogP contribution in [0.5, 0.6) is 0 Å². The highest BCUT2D eigenvalue weighted by molar-refractivity contribution is 7.92. The number of carbonyl (C=O) groups excluding carboxylic acids is 1. The summed E-state index contributed by atoms with van der Waals surface area (Å²) in [6.07, 6.45) is 1.37. The second-order valence-corrected chi connectivity index (χ2v) is 7.83. The van der Waals surface area contributed by atoms with Gasteiger partial charge in [-0.05, 0) is 55.3 Å². The third-order valence-electron chi connectivity index (χ3n) is 3.92. The fraction of sp³-hybridized carbons (Fsp3) is 0.235. The molecular weight excluding hydrogens is 348 g/mol. The molecule has 1 aliphatic rings. The summed E-state index contributed by atoms with van der Waals surface area (Å²) in [4.78, 5) is 13.7. The lowest BCUT2D eigenvalue weighted by atomic mass is 10.2. The van der Waals surface area contributed by atoms with Crippen LogP contribution in [0.4, 0.5) is 11.4 Å². The standard InChI is InChI=1S/C17H17ClN2O3S/c1-12-10-15(7-8-16(12)20-9-3-6-17(20)21)24(22,23)19-14-5-2-4-13(18)11-14/h2,4-5,7-8,10-11,19H,3,6,9H2,1H3. The number of sulfonamides is 1. The first-order valence-corrected chi connectivity index (χ1v) is 9.42. The molecule has 1 amide bonds. The molecule has 1 aliphatic heterocycles. The van der Waals surface area contributed by atoms with Gasteiger partial charge in [-0.2, -0.15) is 0 Å². The van der Waals surface area contributed by atoms with E-state index < -0.39 is 10.0 Å². The van der Waals surface area contributed by atoms with Crippen molar-refractivity contribution in [1.29, 1.82) is 0 Å². The van der Waals surface area contributed by atoms with Crippen molar-refractivity contribution in [2.45, 2.75) is 24.7 Å². The van der Waals surface area contributed by atoms with E-state index in [1.807, 2.05) is 0 Å². The minimum Gasteiger partial charge on any atom is -0.312 e. The van der Waals surface area contributed by atoms with E-state index in [9.17, 15) is 13.2 Å². The van der Waals surface area contributed by atoms with E-state index in [1.165, 1.54) is 6.07 Å². The molecule has 0 bridgehead atoms. The number of nitrogens with zero attached hydrogens (tertiary/aromatic N) is 1. The van der Waals surface area contributed by atoms with Crippen molar-refractivity contribution in [3.8, 4) is 0 Å². The maximum atomic E-state index is 12.5. The van der Waals surface area contributed by atoms with Gasteiger partial charge >= 0.3 is 0 Å². The van der Waals surface area contributed by atoms with Crippen LogP contribution in [0.25, 0.3) is 0 Å². The number of rotatable bonds is 4. The molecule has 7 heteroatoms. The maximum Gasteiger partial charge on any atom is 0.261 e. The molecule has 1 N–H and O–H groups in total. The molecule has 5 nitrogen and oxygen atoms in total. The predicted molar refractivity (Wildman–Crippen MR) is 95.0 cm³/mol. The number of halogens is 1. The van der Waals surface area contributed by atoms with Crippen LogP contribution in [0, 0.1) is 6.92 Å². The monoisotopic (exact) mass is 364 g/mol. The van der Waals surface area contributed by atoms with Gasteiger partial charge in [0.15, 0.2) is 0 Å². The third kappa shape index (κ3) is 3.39. The number of anilines is 2. The zero-order chi connectivity index (χ0) is 17.3. The van der Waals surface area contributed by atoms with Gasteiger partial charge in [-0.3, -0.25) is 9.52 Å². The highest BCUT2D eigenvalue weighted by Crippen LogP contribution is 2.28. The van der Waals surface area contributed by atoms with Gasteiger partial charge in [-0.1, -0.05) is 17.7 Å². The summed E-state index contributed by atoms with van der Waals surface area (Å²) >= 11 is 5.88. The van der Waals surface area contributed by atoms with Gasteiger partial charge in [0.2, 0.25) is 5.91 Å². The number of hydrogen-bond acceptors (Lipinski definition) is 3. The predicted octanol–water partition coefficient (Wildman–Crippen LogP) is 3.58. The van der Waals surface area contributed by atoms with Crippen molar-refractivity contribution >= 4 is 38.9 Å². The molecule has 0 unspecified atom stereocenters. The van der Waals surface area contributed by atoms with Crippen LogP contribution in [0.3, 0.4) is 0 Å². The van der Waals surface area contributed by atoms with E-state index in [-0.39, 0.29) is 10.8 Å². The molecule has 1 saturated heterocycles. The molecule has 126 valence electrons. The Morgan fingerprint density at radius 3 is 2.58 bits per heavy atom. The van der Waals surface area contributed by atoms with E-state index in [0.29, 0.717) is 23.7 Å². The quantitative estimate of drug-likeness (QED) is 0.901. The molecule has 0 aliphatic carbocycles. The smallest absolute Gasteiger partial charge is 0.261 e. The first-order chi connectivity index (χ1) is 11.4. The van der Waals surface area contributed by atoms with Crippen LogP contribution in [0.15, 0.2) is 47.4 Å². The second-order valence-electron chi connectivity index (χ2n) is 5.71. The van der Waals surface area contributed by atoms with Crippen LogP contribution in [0.1, 0.15) is 18.4 Å². The Bertz CT molecular complexity index is 896. The molecule has 3 rings (SSSR count). The number of carbonyl (C=O) groups is 1. The van der Waals surface area contributed by atoms with Gasteiger partial charge in [0, 0.05) is 23.7 Å². The van der Waals surface area contributed by atoms with E-state index in [2.05, 4.69) is 4.72 Å². The number of benzene rings is 2. The minimum absolute atomic E-state index is 0.0748. The van der Waals surface area contributed by atoms with Crippen LogP contribution < -0.4 is 9.62 Å². The molecule has 1 fully saturated rings. The molecule has 24 heavy (non-hydrogen) atoms. The molecule has 1 heterocycles. The third-order valence-corrected chi connectivity index (χ3v) is 5.53. The van der Waals surface area contributed by atoms with Gasteiger partial charge in [0.1, 0.15) is 0 Å². The zero-order valence-electron chi connectivity index (χ0n) is 13.1. The summed E-state index contributed by atoms with van der Waals surface area (Å²) in [5.74, 6) is 0.0748. The average Bonchev–Trinajstić information content (AvgIpc) is 2.92. The van der Waals surface area contributed by atoms with Crippen molar-refractivity contribution in [3.63, 3.8) is 0 Å². The Morgan fingerprint density at radius 2 is 1.96 bits per heavy atom. The average molecular weight is 365 g/mol. The summed E-state index contributed by atoms with van der Waals surface area (Å²) in [5, 5.41) is 0.453. The lowest BCUT2D eigenvalue weighted by Crippen LogP contribution is -2.24. The normalized spacial score (nSPS) is 14.9. The molecule has 2 aromatic rings. The Morgan fingerprint density at radius 1 is 1.17 bits per heavy atom. The van der Waals surface area contributed by atoms with Gasteiger partial charge in [0.25, 0.3) is 10.0 Å². The van der Waals surface area contributed by atoms with E-state index in [0.717, 1.165) is 17.7 Å². The molecule has 0 aromatic heterocycles. The number of aryl methyl sites for hydroxylation is 1. The van der Waals surface area contributed by atoms with Gasteiger partial charge in [-0.15, -0.1) is 0 Å². The van der Waals surface area contributed by atoms with E-state index >= 15 is 0 Å². The number of hydrogen-bond donors (Lipinski definition) is 1. The molecular formula is C17H17ClN2O3S. The molecule has 0 radical (unpaired) electrons. The Kier molecular flexibility index (Phi) is 4.51. The Labute approximate surface area is 146 Å². The lowest BCUT2D eigenvalue weighted by Gasteiger charge is -2.19. The maximum absolute atomic E-state index is 12.5. The van der Waals surface area contributed by atoms with Gasteiger partial charge in [-0.25, -0.2) is 8.42 Å². The molecule has 2 aromatic carbocycles. The van der Waals surface area contributed by atoms with Gasteiger partial charge < -0.3 is 4.90 Å². The highest BCUT2D eigenvalue weighted by Gasteiger charge is 2.24. The van der Waals surface area contributed by atoms with Crippen LogP contribution in [-0.2, 0) is 14.8 Å². The molecule has 0 atom stereocenters. The topological polar surface area (TPSA) is 66.5 Å². The second kappa shape index (κ2) is 6.45. The van der Waals surface area contributed by atoms with Crippen LogP contribution >= 0.6 is 11.6 Å². The fourth-order valence-corrected chi connectivity index (χ4v) is 4.09. The lowest BCUT2D eigenvalue weighted by molar-refractivity contribution is -0.117. The SMILES string of the molecule is Cc1cc(S(=O)(=O)Nc2cccc(Cl)c2)ccc1N1CCCC1=O. The van der Waals surface area contributed by atoms with Crippen LogP contribution in [-0.4, -0.2) is 20.9 Å². The van der Waals surface area contributed by atoms with Crippen molar-refractivity contribution < 1.29 is 13.2 Å². The first kappa shape index (κ1) is 16.8. The van der Waals surface area contributed by atoms with E-state index in [4.69, 9.17) is 11.6 Å². The van der Waals surface area contributed by atoms with Crippen molar-refractivity contribution in [1.82, 2.24) is 0 Å². The first-order valence-electron chi connectivity index (χ1n) is 7.56. The molecule has 0 spiro atoms. The van der Waals surface area contributed by atoms with Crippen molar-refractivity contribution in [3.05, 3.63) is 53.1 Å². The van der Waals surface area contributed by atoms with Crippen LogP contribution in [0.2, 0.25) is 5.02 Å². The highest BCUT2D eigenvalue weighted by atomic mass is 35.5. The summed E-state index contributed by atoms with van der Waals surface area (Å²) < 4.78 is 27.6. The Balaban J connectivity index is 1.89. The Hall–Kier alpha value is -2.05. The summed E-state index contributed by atoms with van der Waals surface area (Å²) in [7, 11) is -3.72. The number of amides is 1. The van der Waals surface area contributed by atoms with Crippen molar-refractivity contribution in [2.24, 2.45) is 0 Å². The fourth-order valence-electron chi connectivity index (χ4n) is 2.77. The largest absolute Gasteiger partial charge is 0.312 e. The number of nitrogens with one attached hydrogen (secondary N) is 1. The van der Waals surface area contributed by atoms with Gasteiger partial charge in [0.05, 0.1) is 10.6 Å². The molecule has 0 saturated carbocycles. The zero-order valence-corrected chi connectivity index (χ0v) is 14.7. The summed E-state index contributed by atoms with van der Waals surface area (Å²) in [6, 6.07) is 11.3. The summed E-state index contributed by atoms with van der Waals surface area (Å²) in [6.45, 7) is 2.48. The van der Waals surface area contributed by atoms with Crippen molar-refractivity contribution in [2.75, 3.05) is 16.2 Å². The minimum atomic E-state index is -3.72.